The largest absolute Gasteiger partial charge is 0.497 e. The average Bonchev–Trinajstić information content (AvgIpc) is 2.49. The Kier molecular flexibility index (Phi) is 5.26. The van der Waals surface area contributed by atoms with Crippen molar-refractivity contribution in [3.63, 3.8) is 0 Å². The lowest BCUT2D eigenvalue weighted by molar-refractivity contribution is 0.0990. The fourth-order valence-corrected chi connectivity index (χ4v) is 2.70. The second-order valence-corrected chi connectivity index (χ2v) is 5.72. The highest BCUT2D eigenvalue weighted by Crippen LogP contribution is 2.27. The number of methoxy groups -OCH3 is 2. The summed E-state index contributed by atoms with van der Waals surface area (Å²) in [5, 5.41) is 0.560. The molecule has 0 aliphatic heterocycles. The van der Waals surface area contributed by atoms with Crippen LogP contribution >= 0.6 is 27.5 Å². The molecule has 2 aromatic rings. The summed E-state index contributed by atoms with van der Waals surface area (Å²) in [5.74, 6) is 1.08. The predicted octanol–water partition coefficient (Wildman–Crippen LogP) is 4.55. The van der Waals surface area contributed by atoms with Gasteiger partial charge in [0.25, 0.3) is 0 Å². The molecule has 0 aromatic heterocycles. The molecule has 3 nitrogen and oxygen atoms in total. The lowest BCUT2D eigenvalue weighted by Crippen LogP contribution is -2.06. The van der Waals surface area contributed by atoms with Gasteiger partial charge in [-0.25, -0.2) is 0 Å². The molecule has 110 valence electrons. The van der Waals surface area contributed by atoms with Crippen LogP contribution in [0.1, 0.15) is 15.9 Å². The van der Waals surface area contributed by atoms with Crippen LogP contribution in [0.3, 0.4) is 0 Å². The molecule has 2 rings (SSSR count). The molecule has 0 heterocycles. The Morgan fingerprint density at radius 2 is 1.90 bits per heavy atom. The second kappa shape index (κ2) is 6.96. The van der Waals surface area contributed by atoms with Gasteiger partial charge in [-0.2, -0.15) is 0 Å². The van der Waals surface area contributed by atoms with Crippen LogP contribution < -0.4 is 9.47 Å². The number of ketones is 1. The van der Waals surface area contributed by atoms with Gasteiger partial charge in [-0.3, -0.25) is 4.79 Å². The first-order valence-corrected chi connectivity index (χ1v) is 7.41. The van der Waals surface area contributed by atoms with E-state index in [1.165, 1.54) is 7.11 Å². The Morgan fingerprint density at radius 1 is 1.14 bits per heavy atom. The Hall–Kier alpha value is -1.52. The third kappa shape index (κ3) is 3.77. The number of halogens is 2. The summed E-state index contributed by atoms with van der Waals surface area (Å²) in [4.78, 5) is 12.4. The number of rotatable bonds is 5. The fraction of sp³-hybridized carbons (Fsp3) is 0.188. The quantitative estimate of drug-likeness (QED) is 0.726. The van der Waals surface area contributed by atoms with Crippen molar-refractivity contribution < 1.29 is 14.3 Å². The summed E-state index contributed by atoms with van der Waals surface area (Å²) >= 11 is 9.49. The molecule has 0 saturated heterocycles. The molecule has 0 aliphatic rings. The second-order valence-electron chi connectivity index (χ2n) is 4.40. The minimum atomic E-state index is -0.0567. The first-order chi connectivity index (χ1) is 10.0. The summed E-state index contributed by atoms with van der Waals surface area (Å²) in [6.45, 7) is 0. The van der Waals surface area contributed by atoms with Gasteiger partial charge in [0.15, 0.2) is 5.78 Å². The molecule has 0 N–H and O–H groups in total. The maximum Gasteiger partial charge on any atom is 0.171 e. The van der Waals surface area contributed by atoms with E-state index in [-0.39, 0.29) is 12.2 Å². The first kappa shape index (κ1) is 15.9. The molecule has 0 atom stereocenters. The lowest BCUT2D eigenvalue weighted by atomic mass is 10.0. The minimum Gasteiger partial charge on any atom is -0.497 e. The Balaban J connectivity index is 2.28. The molecule has 2 aromatic carbocycles. The summed E-state index contributed by atoms with van der Waals surface area (Å²) in [7, 11) is 3.09. The molecule has 0 amide bonds. The molecule has 0 radical (unpaired) electrons. The molecule has 0 bridgehead atoms. The topological polar surface area (TPSA) is 35.5 Å². The van der Waals surface area contributed by atoms with Gasteiger partial charge in [-0.15, -0.1) is 0 Å². The fourth-order valence-electron chi connectivity index (χ4n) is 1.96. The van der Waals surface area contributed by atoms with E-state index in [0.717, 1.165) is 10.0 Å². The van der Waals surface area contributed by atoms with Crippen LogP contribution in [-0.4, -0.2) is 20.0 Å². The minimum absolute atomic E-state index is 0.0567. The molecular weight excluding hydrogens is 356 g/mol. The maximum absolute atomic E-state index is 12.4. The third-order valence-electron chi connectivity index (χ3n) is 3.08. The van der Waals surface area contributed by atoms with Crippen molar-refractivity contribution in [2.24, 2.45) is 0 Å². The predicted molar refractivity (Wildman–Crippen MR) is 86.7 cm³/mol. The highest BCUT2D eigenvalue weighted by atomic mass is 79.9. The van der Waals surface area contributed by atoms with Crippen LogP contribution in [0.25, 0.3) is 0 Å². The van der Waals surface area contributed by atoms with E-state index in [0.29, 0.717) is 22.1 Å². The lowest BCUT2D eigenvalue weighted by Gasteiger charge is -2.10. The zero-order chi connectivity index (χ0) is 15.4. The first-order valence-electron chi connectivity index (χ1n) is 6.24. The number of ether oxygens (including phenoxy) is 2. The number of hydrogen-bond acceptors (Lipinski definition) is 3. The van der Waals surface area contributed by atoms with Crippen molar-refractivity contribution in [1.29, 1.82) is 0 Å². The van der Waals surface area contributed by atoms with Crippen molar-refractivity contribution >= 4 is 33.3 Å². The zero-order valence-corrected chi connectivity index (χ0v) is 14.0. The molecular formula is C16H14BrClO3. The molecule has 21 heavy (non-hydrogen) atoms. The SMILES string of the molecule is COc1ccc(C(=O)Cc2ccc(Br)cc2Cl)c(OC)c1. The van der Waals surface area contributed by atoms with Gasteiger partial charge in [0.05, 0.1) is 19.8 Å². The number of hydrogen-bond donors (Lipinski definition) is 0. The number of Topliss-reactive ketones (excluding diaryl/α,β-unsaturated/α-hetero) is 1. The molecule has 5 heteroatoms. The number of benzene rings is 2. The summed E-state index contributed by atoms with van der Waals surface area (Å²) in [6, 6.07) is 10.6. The monoisotopic (exact) mass is 368 g/mol. The summed E-state index contributed by atoms with van der Waals surface area (Å²) < 4.78 is 11.3. The van der Waals surface area contributed by atoms with Crippen LogP contribution in [0.2, 0.25) is 5.02 Å². The van der Waals surface area contributed by atoms with Gasteiger partial charge in [-0.05, 0) is 29.8 Å². The standard InChI is InChI=1S/C16H14BrClO3/c1-20-12-5-6-13(16(9-12)21-2)15(19)7-10-3-4-11(17)8-14(10)18/h3-6,8-9H,7H2,1-2H3. The van der Waals surface area contributed by atoms with Crippen LogP contribution in [0.5, 0.6) is 11.5 Å². The van der Waals surface area contributed by atoms with E-state index in [4.69, 9.17) is 21.1 Å². The molecule has 0 spiro atoms. The average molecular weight is 370 g/mol. The van der Waals surface area contributed by atoms with E-state index in [1.807, 2.05) is 12.1 Å². The van der Waals surface area contributed by atoms with E-state index >= 15 is 0 Å². The van der Waals surface area contributed by atoms with Crippen LogP contribution in [0.15, 0.2) is 40.9 Å². The summed E-state index contributed by atoms with van der Waals surface area (Å²) in [6.07, 6.45) is 0.217. The van der Waals surface area contributed by atoms with Crippen molar-refractivity contribution in [2.45, 2.75) is 6.42 Å². The van der Waals surface area contributed by atoms with E-state index in [2.05, 4.69) is 15.9 Å². The Bertz CT molecular complexity index is 671. The van der Waals surface area contributed by atoms with E-state index < -0.39 is 0 Å². The summed E-state index contributed by atoms with van der Waals surface area (Å²) in [5.41, 5.74) is 1.29. The number of carbonyl (C=O) groups is 1. The van der Waals surface area contributed by atoms with Gasteiger partial charge in [0.1, 0.15) is 11.5 Å². The highest BCUT2D eigenvalue weighted by molar-refractivity contribution is 9.10. The molecule has 0 unspecified atom stereocenters. The van der Waals surface area contributed by atoms with Crippen molar-refractivity contribution in [3.05, 3.63) is 57.0 Å². The van der Waals surface area contributed by atoms with Gasteiger partial charge in [0, 0.05) is 22.0 Å². The zero-order valence-electron chi connectivity index (χ0n) is 11.7. The molecule has 0 fully saturated rings. The van der Waals surface area contributed by atoms with Crippen molar-refractivity contribution in [3.8, 4) is 11.5 Å². The van der Waals surface area contributed by atoms with Crippen molar-refractivity contribution in [2.75, 3.05) is 14.2 Å². The maximum atomic E-state index is 12.4. The van der Waals surface area contributed by atoms with Crippen LogP contribution in [0.4, 0.5) is 0 Å². The Morgan fingerprint density at radius 3 is 2.52 bits per heavy atom. The molecule has 0 saturated carbocycles. The Labute approximate surface area is 137 Å². The normalized spacial score (nSPS) is 10.3. The van der Waals surface area contributed by atoms with Crippen LogP contribution in [0, 0.1) is 0 Å². The highest BCUT2D eigenvalue weighted by Gasteiger charge is 2.15. The van der Waals surface area contributed by atoms with Gasteiger partial charge in [0.2, 0.25) is 0 Å². The molecule has 0 aliphatic carbocycles. The number of carbonyl (C=O) groups excluding carboxylic acids is 1. The van der Waals surface area contributed by atoms with Gasteiger partial charge < -0.3 is 9.47 Å². The van der Waals surface area contributed by atoms with Crippen LogP contribution in [-0.2, 0) is 6.42 Å². The van der Waals surface area contributed by atoms with E-state index in [9.17, 15) is 4.79 Å². The van der Waals surface area contributed by atoms with Crippen molar-refractivity contribution in [1.82, 2.24) is 0 Å². The third-order valence-corrected chi connectivity index (χ3v) is 3.92. The van der Waals surface area contributed by atoms with Gasteiger partial charge in [-0.1, -0.05) is 33.6 Å². The van der Waals surface area contributed by atoms with Gasteiger partial charge >= 0.3 is 0 Å². The van der Waals surface area contributed by atoms with E-state index in [1.54, 1.807) is 31.4 Å². The smallest absolute Gasteiger partial charge is 0.171 e.